The molecule has 2 rings (SSSR count). The van der Waals surface area contributed by atoms with Crippen molar-refractivity contribution in [2.75, 3.05) is 13.2 Å². The summed E-state index contributed by atoms with van der Waals surface area (Å²) < 4.78 is 36.5. The summed E-state index contributed by atoms with van der Waals surface area (Å²) in [4.78, 5) is 2.39. The van der Waals surface area contributed by atoms with Crippen molar-refractivity contribution in [3.05, 3.63) is 52.0 Å². The maximum absolute atomic E-state index is 12.3. The Labute approximate surface area is 168 Å². The van der Waals surface area contributed by atoms with E-state index in [1.807, 2.05) is 20.8 Å². The highest BCUT2D eigenvalue weighted by atomic mass is 79.9. The number of hydrogen-bond acceptors (Lipinski definition) is 5. The molecule has 0 saturated heterocycles. The van der Waals surface area contributed by atoms with Gasteiger partial charge in [-0.25, -0.2) is 4.83 Å². The number of halogens is 1. The van der Waals surface area contributed by atoms with E-state index >= 15 is 0 Å². The number of hydrogen-bond donors (Lipinski definition) is 1. The Kier molecular flexibility index (Phi) is 7.67. The maximum atomic E-state index is 12.3. The molecule has 0 aliphatic carbocycles. The lowest BCUT2D eigenvalue weighted by Gasteiger charge is -2.13. The summed E-state index contributed by atoms with van der Waals surface area (Å²) in [7, 11) is -3.72. The third kappa shape index (κ3) is 5.71. The molecule has 0 spiro atoms. The van der Waals surface area contributed by atoms with E-state index in [4.69, 9.17) is 9.47 Å². The van der Waals surface area contributed by atoms with Crippen LogP contribution in [0.4, 0.5) is 0 Å². The second-order valence-electron chi connectivity index (χ2n) is 5.55. The highest BCUT2D eigenvalue weighted by molar-refractivity contribution is 9.10. The van der Waals surface area contributed by atoms with Gasteiger partial charge in [-0.2, -0.15) is 13.5 Å². The van der Waals surface area contributed by atoms with Gasteiger partial charge in [0, 0.05) is 0 Å². The lowest BCUT2D eigenvalue weighted by molar-refractivity contribution is 0.286. The van der Waals surface area contributed by atoms with E-state index in [0.717, 1.165) is 12.0 Å². The zero-order chi connectivity index (χ0) is 19.9. The van der Waals surface area contributed by atoms with Gasteiger partial charge in [0.1, 0.15) is 0 Å². The second-order valence-corrected chi connectivity index (χ2v) is 8.06. The van der Waals surface area contributed by atoms with Gasteiger partial charge in [-0.3, -0.25) is 0 Å². The van der Waals surface area contributed by atoms with E-state index in [1.54, 1.807) is 36.4 Å². The fraction of sp³-hybridized carbons (Fsp3) is 0.316. The van der Waals surface area contributed by atoms with E-state index in [-0.39, 0.29) is 4.90 Å². The number of hydrazone groups is 1. The number of sulfonamides is 1. The van der Waals surface area contributed by atoms with Crippen molar-refractivity contribution < 1.29 is 17.9 Å². The molecule has 2 aromatic rings. The monoisotopic (exact) mass is 454 g/mol. The quantitative estimate of drug-likeness (QED) is 0.456. The van der Waals surface area contributed by atoms with Gasteiger partial charge >= 0.3 is 0 Å². The van der Waals surface area contributed by atoms with Crippen LogP contribution in [0.3, 0.4) is 0 Å². The summed E-state index contributed by atoms with van der Waals surface area (Å²) in [6, 6.07) is 10.2. The Bertz CT molecular complexity index is 897. The summed E-state index contributed by atoms with van der Waals surface area (Å²) >= 11 is 3.45. The van der Waals surface area contributed by atoms with Crippen molar-refractivity contribution in [3.63, 3.8) is 0 Å². The lowest BCUT2D eigenvalue weighted by atomic mass is 10.2. The molecule has 6 nitrogen and oxygen atoms in total. The Morgan fingerprint density at radius 2 is 1.74 bits per heavy atom. The van der Waals surface area contributed by atoms with Crippen molar-refractivity contribution in [2.24, 2.45) is 5.10 Å². The molecule has 0 aliphatic heterocycles. The molecule has 0 atom stereocenters. The second kappa shape index (κ2) is 9.75. The normalized spacial score (nSPS) is 11.6. The number of nitrogens with zero attached hydrogens (tertiary/aromatic N) is 1. The average molecular weight is 455 g/mol. The molecule has 0 unspecified atom stereocenters. The van der Waals surface area contributed by atoms with Gasteiger partial charge < -0.3 is 9.47 Å². The molecule has 0 fully saturated rings. The highest BCUT2D eigenvalue weighted by Gasteiger charge is 2.13. The molecule has 0 aliphatic rings. The molecular weight excluding hydrogens is 432 g/mol. The summed E-state index contributed by atoms with van der Waals surface area (Å²) in [5.41, 5.74) is 1.73. The molecule has 2 aromatic carbocycles. The van der Waals surface area contributed by atoms with Crippen LogP contribution in [0, 0.1) is 0 Å². The van der Waals surface area contributed by atoms with Crippen molar-refractivity contribution >= 4 is 32.2 Å². The van der Waals surface area contributed by atoms with Crippen molar-refractivity contribution in [1.29, 1.82) is 0 Å². The van der Waals surface area contributed by atoms with Gasteiger partial charge in [0.15, 0.2) is 11.5 Å². The molecule has 0 aromatic heterocycles. The Balaban J connectivity index is 2.19. The molecule has 8 heteroatoms. The van der Waals surface area contributed by atoms with Crippen molar-refractivity contribution in [1.82, 2.24) is 4.83 Å². The number of ether oxygens (including phenoxy) is 2. The summed E-state index contributed by atoms with van der Waals surface area (Å²) in [5, 5.41) is 3.87. The SMILES string of the molecule is CCOc1cc(/C=N/NS(=O)(=O)c2ccc(CC)cc2)cc(Br)c1OCC. The first-order valence-corrected chi connectivity index (χ1v) is 10.9. The maximum Gasteiger partial charge on any atom is 0.276 e. The third-order valence-electron chi connectivity index (χ3n) is 3.65. The Morgan fingerprint density at radius 3 is 2.33 bits per heavy atom. The molecule has 27 heavy (non-hydrogen) atoms. The minimum Gasteiger partial charge on any atom is -0.490 e. The number of rotatable bonds is 9. The fourth-order valence-electron chi connectivity index (χ4n) is 2.34. The number of aryl methyl sites for hydroxylation is 1. The van der Waals surface area contributed by atoms with E-state index in [2.05, 4.69) is 25.9 Å². The van der Waals surface area contributed by atoms with Crippen LogP contribution in [-0.4, -0.2) is 27.8 Å². The predicted octanol–water partition coefficient (Wildman–Crippen LogP) is 4.12. The molecular formula is C19H23BrN2O4S. The average Bonchev–Trinajstić information content (AvgIpc) is 2.64. The van der Waals surface area contributed by atoms with Crippen LogP contribution in [0.5, 0.6) is 11.5 Å². The molecule has 146 valence electrons. The highest BCUT2D eigenvalue weighted by Crippen LogP contribution is 2.36. The van der Waals surface area contributed by atoms with Crippen LogP contribution in [0.1, 0.15) is 31.9 Å². The Morgan fingerprint density at radius 1 is 1.07 bits per heavy atom. The van der Waals surface area contributed by atoms with E-state index < -0.39 is 10.0 Å². The van der Waals surface area contributed by atoms with Crippen LogP contribution in [0.25, 0.3) is 0 Å². The van der Waals surface area contributed by atoms with Crippen LogP contribution in [0.2, 0.25) is 0 Å². The summed E-state index contributed by atoms with van der Waals surface area (Å²) in [5.74, 6) is 1.17. The van der Waals surface area contributed by atoms with Crippen LogP contribution < -0.4 is 14.3 Å². The standard InChI is InChI=1S/C19H23BrN2O4S/c1-4-14-7-9-16(10-8-14)27(23,24)22-21-13-15-11-17(20)19(26-6-3)18(12-15)25-5-2/h7-13,22H,4-6H2,1-3H3/b21-13+. The largest absolute Gasteiger partial charge is 0.490 e. The summed E-state index contributed by atoms with van der Waals surface area (Å²) in [6.07, 6.45) is 2.27. The van der Waals surface area contributed by atoms with Gasteiger partial charge in [0.2, 0.25) is 0 Å². The van der Waals surface area contributed by atoms with E-state index in [1.165, 1.54) is 6.21 Å². The van der Waals surface area contributed by atoms with Gasteiger partial charge in [-0.05, 0) is 71.6 Å². The Hall–Kier alpha value is -2.06. The molecule has 0 bridgehead atoms. The zero-order valence-corrected chi connectivity index (χ0v) is 17.9. The minimum absolute atomic E-state index is 0.166. The van der Waals surface area contributed by atoms with Crippen LogP contribution >= 0.6 is 15.9 Å². The topological polar surface area (TPSA) is 77.0 Å². The first-order valence-electron chi connectivity index (χ1n) is 8.64. The van der Waals surface area contributed by atoms with Crippen molar-refractivity contribution in [2.45, 2.75) is 32.1 Å². The molecule has 0 amide bonds. The van der Waals surface area contributed by atoms with Crippen LogP contribution in [-0.2, 0) is 16.4 Å². The van der Waals surface area contributed by atoms with E-state index in [0.29, 0.717) is 34.7 Å². The number of nitrogens with one attached hydrogen (secondary N) is 1. The first-order chi connectivity index (χ1) is 12.9. The molecule has 0 radical (unpaired) electrons. The first kappa shape index (κ1) is 21.2. The molecule has 0 heterocycles. The number of benzene rings is 2. The summed E-state index contributed by atoms with van der Waals surface area (Å²) in [6.45, 7) is 6.76. The lowest BCUT2D eigenvalue weighted by Crippen LogP contribution is -2.18. The zero-order valence-electron chi connectivity index (χ0n) is 15.5. The molecule has 0 saturated carbocycles. The minimum atomic E-state index is -3.72. The van der Waals surface area contributed by atoms with Gasteiger partial charge in [-0.15, -0.1) is 0 Å². The van der Waals surface area contributed by atoms with E-state index in [9.17, 15) is 8.42 Å². The van der Waals surface area contributed by atoms with Gasteiger partial charge in [0.25, 0.3) is 10.0 Å². The molecule has 1 N–H and O–H groups in total. The third-order valence-corrected chi connectivity index (χ3v) is 5.48. The smallest absolute Gasteiger partial charge is 0.276 e. The predicted molar refractivity (Wildman–Crippen MR) is 110 cm³/mol. The van der Waals surface area contributed by atoms with Crippen LogP contribution in [0.15, 0.2) is 50.9 Å². The van der Waals surface area contributed by atoms with Gasteiger partial charge in [-0.1, -0.05) is 19.1 Å². The van der Waals surface area contributed by atoms with Crippen molar-refractivity contribution in [3.8, 4) is 11.5 Å². The fourth-order valence-corrected chi connectivity index (χ4v) is 3.70. The van der Waals surface area contributed by atoms with Gasteiger partial charge in [0.05, 0.1) is 28.8 Å².